The van der Waals surface area contributed by atoms with Gasteiger partial charge in [0.25, 0.3) is 0 Å². The summed E-state index contributed by atoms with van der Waals surface area (Å²) in [7, 11) is 0. The number of hydrogen-bond acceptors (Lipinski definition) is 2. The van der Waals surface area contributed by atoms with Crippen molar-refractivity contribution in [3.63, 3.8) is 0 Å². The van der Waals surface area contributed by atoms with E-state index in [0.717, 1.165) is 6.42 Å². The van der Waals surface area contributed by atoms with Crippen molar-refractivity contribution in [1.29, 1.82) is 0 Å². The maximum Gasteiger partial charge on any atom is 0.105 e. The van der Waals surface area contributed by atoms with Crippen LogP contribution >= 0.6 is 0 Å². The van der Waals surface area contributed by atoms with E-state index in [4.69, 9.17) is 10.5 Å². The van der Waals surface area contributed by atoms with Crippen LogP contribution in [0.25, 0.3) is 0 Å². The average molecular weight is 102 g/mol. The summed E-state index contributed by atoms with van der Waals surface area (Å²) in [5.74, 6) is 0. The molecule has 7 heavy (non-hydrogen) atoms. The molecule has 0 bridgehead atoms. The lowest BCUT2D eigenvalue weighted by molar-refractivity contribution is 0.0884. The summed E-state index contributed by atoms with van der Waals surface area (Å²) in [6.07, 6.45) is 0.656. The molecule has 0 aliphatic heterocycles. The average Bonchev–Trinajstić information content (AvgIpc) is 1.61. The lowest BCUT2D eigenvalue weighted by Gasteiger charge is -2.03. The van der Waals surface area contributed by atoms with Gasteiger partial charge in [0.05, 0.1) is 0 Å². The monoisotopic (exact) mass is 102 g/mol. The molecular formula is C5H12NO. The molecule has 0 heterocycles. The lowest BCUT2D eigenvalue weighted by Crippen LogP contribution is -2.19. The first-order chi connectivity index (χ1) is 3.27. The smallest absolute Gasteiger partial charge is 0.105 e. The highest BCUT2D eigenvalue weighted by Crippen LogP contribution is 1.81. The second-order valence-corrected chi connectivity index (χ2v) is 1.41. The van der Waals surface area contributed by atoms with Crippen LogP contribution in [0.3, 0.4) is 0 Å². The molecule has 0 aromatic rings. The van der Waals surface area contributed by atoms with Crippen LogP contribution in [0.15, 0.2) is 0 Å². The van der Waals surface area contributed by atoms with Gasteiger partial charge in [-0.1, -0.05) is 6.92 Å². The quantitative estimate of drug-likeness (QED) is 0.527. The molecule has 0 aromatic carbocycles. The maximum atomic E-state index is 5.15. The van der Waals surface area contributed by atoms with Crippen molar-refractivity contribution in [2.75, 3.05) is 6.61 Å². The SMILES string of the molecule is [CH2]C(N)OCCC. The second-order valence-electron chi connectivity index (χ2n) is 1.41. The predicted molar refractivity (Wildman–Crippen MR) is 29.6 cm³/mol. The molecule has 0 saturated heterocycles. The van der Waals surface area contributed by atoms with E-state index < -0.39 is 0 Å². The van der Waals surface area contributed by atoms with Crippen molar-refractivity contribution >= 4 is 0 Å². The van der Waals surface area contributed by atoms with Gasteiger partial charge in [-0.25, -0.2) is 0 Å². The summed E-state index contributed by atoms with van der Waals surface area (Å²) in [5, 5.41) is 0. The van der Waals surface area contributed by atoms with Gasteiger partial charge >= 0.3 is 0 Å². The minimum Gasteiger partial charge on any atom is -0.364 e. The van der Waals surface area contributed by atoms with Crippen LogP contribution < -0.4 is 5.73 Å². The highest BCUT2D eigenvalue weighted by Gasteiger charge is 1.87. The Morgan fingerprint density at radius 2 is 2.43 bits per heavy atom. The number of ether oxygens (including phenoxy) is 1. The minimum absolute atomic E-state index is 0.347. The van der Waals surface area contributed by atoms with Crippen molar-refractivity contribution < 1.29 is 4.74 Å². The van der Waals surface area contributed by atoms with Crippen molar-refractivity contribution in [3.8, 4) is 0 Å². The van der Waals surface area contributed by atoms with E-state index >= 15 is 0 Å². The number of rotatable bonds is 3. The van der Waals surface area contributed by atoms with Gasteiger partial charge in [-0.2, -0.15) is 0 Å². The molecule has 0 aliphatic carbocycles. The zero-order valence-corrected chi connectivity index (χ0v) is 4.68. The van der Waals surface area contributed by atoms with Gasteiger partial charge in [-0.3, -0.25) is 0 Å². The van der Waals surface area contributed by atoms with Crippen molar-refractivity contribution in [1.82, 2.24) is 0 Å². The Labute approximate surface area is 44.7 Å². The largest absolute Gasteiger partial charge is 0.364 e. The van der Waals surface area contributed by atoms with Gasteiger partial charge in [-0.15, -0.1) is 0 Å². The molecule has 0 aliphatic rings. The topological polar surface area (TPSA) is 35.2 Å². The summed E-state index contributed by atoms with van der Waals surface area (Å²) in [5.41, 5.74) is 5.15. The second kappa shape index (κ2) is 4.09. The highest BCUT2D eigenvalue weighted by atomic mass is 16.5. The number of nitrogens with two attached hydrogens (primary N) is 1. The van der Waals surface area contributed by atoms with Crippen molar-refractivity contribution in [2.24, 2.45) is 5.73 Å². The van der Waals surface area contributed by atoms with Crippen LogP contribution in [0.5, 0.6) is 0 Å². The van der Waals surface area contributed by atoms with Crippen molar-refractivity contribution in [3.05, 3.63) is 6.92 Å². The molecule has 2 N–H and O–H groups in total. The molecule has 0 spiro atoms. The third-order valence-electron chi connectivity index (χ3n) is 0.536. The van der Waals surface area contributed by atoms with Gasteiger partial charge < -0.3 is 10.5 Å². The molecule has 0 fully saturated rings. The Kier molecular flexibility index (Phi) is 4.04. The Hall–Kier alpha value is -0.0800. The molecule has 2 heteroatoms. The molecule has 43 valence electrons. The Morgan fingerprint density at radius 3 is 2.57 bits per heavy atom. The van der Waals surface area contributed by atoms with E-state index in [1.807, 2.05) is 6.92 Å². The van der Waals surface area contributed by atoms with Gasteiger partial charge in [0.1, 0.15) is 6.23 Å². The molecule has 0 saturated carbocycles. The third-order valence-corrected chi connectivity index (χ3v) is 0.536. The predicted octanol–water partition coefficient (Wildman–Crippen LogP) is 0.532. The number of hydrogen-bond donors (Lipinski definition) is 1. The summed E-state index contributed by atoms with van der Waals surface area (Å²) in [6, 6.07) is 0. The molecule has 1 radical (unpaired) electrons. The molecule has 0 amide bonds. The van der Waals surface area contributed by atoms with Gasteiger partial charge in [0.15, 0.2) is 0 Å². The van der Waals surface area contributed by atoms with E-state index in [1.54, 1.807) is 0 Å². The van der Waals surface area contributed by atoms with E-state index in [1.165, 1.54) is 0 Å². The first-order valence-corrected chi connectivity index (χ1v) is 2.47. The van der Waals surface area contributed by atoms with E-state index in [-0.39, 0.29) is 6.23 Å². The molecule has 0 aromatic heterocycles. The maximum absolute atomic E-state index is 5.15. The van der Waals surface area contributed by atoms with Crippen LogP contribution in [0.2, 0.25) is 0 Å². The van der Waals surface area contributed by atoms with E-state index in [0.29, 0.717) is 6.61 Å². The minimum atomic E-state index is -0.347. The summed E-state index contributed by atoms with van der Waals surface area (Å²) >= 11 is 0. The fourth-order valence-corrected chi connectivity index (χ4v) is 0.269. The lowest BCUT2D eigenvalue weighted by atomic mass is 10.5. The first-order valence-electron chi connectivity index (χ1n) is 2.47. The standard InChI is InChI=1S/C5H12NO/c1-3-4-7-5(2)6/h5H,2-4,6H2,1H3. The van der Waals surface area contributed by atoms with Crippen LogP contribution in [0.1, 0.15) is 13.3 Å². The summed E-state index contributed by atoms with van der Waals surface area (Å²) in [6.45, 7) is 6.17. The van der Waals surface area contributed by atoms with Crippen LogP contribution in [-0.4, -0.2) is 12.8 Å². The van der Waals surface area contributed by atoms with Crippen LogP contribution in [0.4, 0.5) is 0 Å². The van der Waals surface area contributed by atoms with E-state index in [2.05, 4.69) is 6.92 Å². The van der Waals surface area contributed by atoms with Crippen LogP contribution in [-0.2, 0) is 4.74 Å². The fourth-order valence-electron chi connectivity index (χ4n) is 0.269. The molecular weight excluding hydrogens is 90.1 g/mol. The Bertz CT molecular complexity index is 37.1. The van der Waals surface area contributed by atoms with Gasteiger partial charge in [0.2, 0.25) is 0 Å². The van der Waals surface area contributed by atoms with Crippen molar-refractivity contribution in [2.45, 2.75) is 19.6 Å². The molecule has 0 rings (SSSR count). The first kappa shape index (κ1) is 6.92. The molecule has 2 nitrogen and oxygen atoms in total. The van der Waals surface area contributed by atoms with E-state index in [9.17, 15) is 0 Å². The Morgan fingerprint density at radius 1 is 1.86 bits per heavy atom. The zero-order chi connectivity index (χ0) is 5.70. The third kappa shape index (κ3) is 5.92. The zero-order valence-electron chi connectivity index (χ0n) is 4.68. The molecule has 1 unspecified atom stereocenters. The summed E-state index contributed by atoms with van der Waals surface area (Å²) in [4.78, 5) is 0. The van der Waals surface area contributed by atoms with Gasteiger partial charge in [0, 0.05) is 6.61 Å². The Balaban J connectivity index is 2.68. The van der Waals surface area contributed by atoms with Gasteiger partial charge in [-0.05, 0) is 13.3 Å². The highest BCUT2D eigenvalue weighted by molar-refractivity contribution is 4.45. The molecule has 1 atom stereocenters. The fraction of sp³-hybridized carbons (Fsp3) is 0.800. The normalized spacial score (nSPS) is 14.1. The van der Waals surface area contributed by atoms with Crippen LogP contribution in [0, 0.1) is 6.92 Å². The summed E-state index contributed by atoms with van der Waals surface area (Å²) < 4.78 is 4.86.